The van der Waals surface area contributed by atoms with Crippen molar-refractivity contribution in [3.8, 4) is 67.5 Å². The molecule has 18 rings (SSSR count). The van der Waals surface area contributed by atoms with Crippen molar-refractivity contribution < 1.29 is 60.3 Å². The zero-order valence-corrected chi connectivity index (χ0v) is 81.5. The molecule has 0 bridgehead atoms. The average Bonchev–Trinajstić information content (AvgIpc) is 1.61. The summed E-state index contributed by atoms with van der Waals surface area (Å²) in [7, 11) is -3.97. The number of fused-ring (bicyclic) bond motifs is 9. The maximum atomic E-state index is 4.52. The van der Waals surface area contributed by atoms with E-state index >= 15 is 0 Å². The van der Waals surface area contributed by atoms with Gasteiger partial charge in [-0.3, -0.25) is 0 Å². The number of aromatic nitrogens is 6. The Morgan fingerprint density at radius 1 is 0.256 bits per heavy atom. The van der Waals surface area contributed by atoms with E-state index in [0.29, 0.717) is 17.8 Å². The molecular formula is C102H96Ir3N6S3Si3-6. The van der Waals surface area contributed by atoms with Gasteiger partial charge in [-0.05, 0) is 136 Å². The van der Waals surface area contributed by atoms with Crippen LogP contribution in [0.15, 0.2) is 292 Å². The van der Waals surface area contributed by atoms with Crippen molar-refractivity contribution in [1.29, 1.82) is 0 Å². The Kier molecular flexibility index (Phi) is 31.9. The van der Waals surface area contributed by atoms with Gasteiger partial charge in [0, 0.05) is 112 Å². The Balaban J connectivity index is 0.000000149. The number of hydrogen-bond donors (Lipinski definition) is 0. The van der Waals surface area contributed by atoms with Crippen molar-refractivity contribution in [2.24, 2.45) is 0 Å². The minimum atomic E-state index is -1.37. The average molecular weight is 2160 g/mol. The molecule has 0 N–H and O–H groups in total. The molecule has 6 nitrogen and oxygen atoms in total. The van der Waals surface area contributed by atoms with Crippen LogP contribution in [0.2, 0.25) is 58.9 Å². The second-order valence-corrected chi connectivity index (χ2v) is 50.6. The minimum Gasteiger partial charge on any atom is -0.305 e. The molecule has 0 saturated heterocycles. The molecule has 18 aromatic rings. The quantitative estimate of drug-likeness (QED) is 0.0896. The van der Waals surface area contributed by atoms with Gasteiger partial charge in [-0.15, -0.1) is 179 Å². The molecule has 9 aromatic heterocycles. The molecule has 117 heavy (non-hydrogen) atoms. The van der Waals surface area contributed by atoms with E-state index in [4.69, 9.17) is 0 Å². The summed E-state index contributed by atoms with van der Waals surface area (Å²) in [5, 5.41) is 12.6. The summed E-state index contributed by atoms with van der Waals surface area (Å²) in [6, 6.07) is 108. The first-order valence-electron chi connectivity index (χ1n) is 39.1. The third kappa shape index (κ3) is 22.6. The molecule has 0 spiro atoms. The smallest absolute Gasteiger partial charge is 0.0794 e. The molecule has 0 fully saturated rings. The maximum Gasteiger partial charge on any atom is 0.0794 e. The summed E-state index contributed by atoms with van der Waals surface area (Å²) in [6.07, 6.45) is 11.1. The number of nitrogens with zero attached hydrogens (tertiary/aromatic N) is 6. The zero-order chi connectivity index (χ0) is 80.1. The van der Waals surface area contributed by atoms with Gasteiger partial charge in [0.1, 0.15) is 0 Å². The fraction of sp³-hybridized carbons (Fsp3) is 0.176. The van der Waals surface area contributed by atoms with Gasteiger partial charge in [0.25, 0.3) is 0 Å². The Morgan fingerprint density at radius 2 is 0.615 bits per heavy atom. The van der Waals surface area contributed by atoms with Gasteiger partial charge < -0.3 is 29.9 Å². The van der Waals surface area contributed by atoms with Crippen LogP contribution in [0.25, 0.3) is 128 Å². The summed E-state index contributed by atoms with van der Waals surface area (Å²) in [6.45, 7) is 34.8. The molecule has 0 saturated carbocycles. The Hall–Kier alpha value is -8.86. The van der Waals surface area contributed by atoms with E-state index in [1.54, 1.807) is 5.19 Å². The summed E-state index contributed by atoms with van der Waals surface area (Å²) in [5.74, 6) is 1.61. The standard InChI is InChI=1S/3C20H18NSSi.3C14H14N.3Ir/c1-23(2,3)18-12-7-9-15-14-8-6-10-16(19(14)22-20(15)18)17-11-4-5-13-21-17;1-23(2,3)14-10-11-15-16-7-6-8-17(18-9-4-5-12-21-18)20(16)22-19(15)13-14;1-23(2,3)14-10-11-19-17(13-14)15-7-6-8-16(20(15)22-19)18-9-4-5-12-21-18;3*1-11(2)13-8-9-15-14(10-13)12-6-4-3-5-7-12;;;/h4-9,11-13H,1-3H3;2*4-7,9-13H,1-3H3;3*3-6,8-11H,1-2H3;;;/q6*-1;;;. The molecule has 9 aromatic carbocycles. The fourth-order valence-corrected chi connectivity index (χ4v) is 22.0. The number of thiophene rings is 3. The third-order valence-electron chi connectivity index (χ3n) is 19.9. The van der Waals surface area contributed by atoms with Gasteiger partial charge in [-0.1, -0.05) is 241 Å². The van der Waals surface area contributed by atoms with Crippen LogP contribution >= 0.6 is 34.0 Å². The van der Waals surface area contributed by atoms with E-state index in [-0.39, 0.29) is 60.3 Å². The molecule has 3 radical (unpaired) electrons. The second-order valence-electron chi connectivity index (χ2n) is 32.3. The number of rotatable bonds is 12. The van der Waals surface area contributed by atoms with Gasteiger partial charge in [0.15, 0.2) is 0 Å². The molecule has 0 unspecified atom stereocenters. The predicted octanol–water partition coefficient (Wildman–Crippen LogP) is 27.4. The summed E-state index contributed by atoms with van der Waals surface area (Å²) < 4.78 is 8.03. The Labute approximate surface area is 748 Å². The van der Waals surface area contributed by atoms with E-state index in [0.717, 1.165) is 67.5 Å². The van der Waals surface area contributed by atoms with Crippen molar-refractivity contribution in [2.75, 3.05) is 0 Å². The molecule has 0 atom stereocenters. The third-order valence-corrected chi connectivity index (χ3v) is 29.9. The molecular weight excluding hydrogens is 2070 g/mol. The molecule has 9 heterocycles. The van der Waals surface area contributed by atoms with E-state index in [1.807, 2.05) is 199 Å². The minimum absolute atomic E-state index is 0. The van der Waals surface area contributed by atoms with Crippen LogP contribution in [-0.2, 0) is 60.3 Å². The van der Waals surface area contributed by atoms with Gasteiger partial charge in [-0.2, -0.15) is 34.0 Å². The number of benzene rings is 9. The van der Waals surface area contributed by atoms with Crippen LogP contribution in [0.4, 0.5) is 0 Å². The van der Waals surface area contributed by atoms with Crippen LogP contribution < -0.4 is 15.6 Å². The van der Waals surface area contributed by atoms with Crippen molar-refractivity contribution in [2.45, 2.75) is 118 Å². The first-order valence-corrected chi connectivity index (χ1v) is 52.0. The van der Waals surface area contributed by atoms with Crippen molar-refractivity contribution in [3.63, 3.8) is 0 Å². The molecule has 0 aliphatic heterocycles. The first-order chi connectivity index (χ1) is 54.9. The van der Waals surface area contributed by atoms with Gasteiger partial charge in [0.2, 0.25) is 0 Å². The van der Waals surface area contributed by atoms with Crippen molar-refractivity contribution in [3.05, 3.63) is 345 Å². The van der Waals surface area contributed by atoms with E-state index in [9.17, 15) is 0 Å². The zero-order valence-electron chi connectivity index (χ0n) is 68.9. The molecule has 0 amide bonds. The van der Waals surface area contributed by atoms with Crippen LogP contribution in [0, 0.1) is 36.4 Å². The predicted molar refractivity (Wildman–Crippen MR) is 501 cm³/mol. The van der Waals surface area contributed by atoms with E-state index in [1.165, 1.54) is 87.6 Å². The fourth-order valence-electron chi connectivity index (χ4n) is 13.4. The molecule has 597 valence electrons. The second kappa shape index (κ2) is 41.2. The SMILES string of the molecule is CC(C)c1ccnc(-c2[c-]cccc2)c1.CC(C)c1ccnc(-c2[c-]cccc2)c1.CC(C)c1ccnc(-c2[c-]cccc2)c1.C[Si](C)(C)c1ccc2c(c1)sc1c(-c3ccccn3)[c-]ccc12.C[Si](C)(C)c1ccc2sc3c(-c4ccccn4)[c-]ccc3c2c1.C[Si](C)(C)c1cccc2c1sc1c(-c3ccccn3)[c-]ccc12.[Ir].[Ir].[Ir]. The summed E-state index contributed by atoms with van der Waals surface area (Å²) in [5.41, 5.74) is 16.4. The van der Waals surface area contributed by atoms with Gasteiger partial charge >= 0.3 is 0 Å². The summed E-state index contributed by atoms with van der Waals surface area (Å²) in [4.78, 5) is 26.6. The monoisotopic (exact) mass is 2160 g/mol. The Morgan fingerprint density at radius 3 is 0.991 bits per heavy atom. The molecule has 0 aliphatic rings. The van der Waals surface area contributed by atoms with E-state index in [2.05, 4.69) is 294 Å². The van der Waals surface area contributed by atoms with Crippen LogP contribution in [0.3, 0.4) is 0 Å². The first kappa shape index (κ1) is 90.5. The summed E-state index contributed by atoms with van der Waals surface area (Å²) >= 11 is 5.61. The van der Waals surface area contributed by atoms with Gasteiger partial charge in [-0.25, -0.2) is 0 Å². The molecule has 0 aliphatic carbocycles. The van der Waals surface area contributed by atoms with Crippen LogP contribution in [-0.4, -0.2) is 54.1 Å². The van der Waals surface area contributed by atoms with Crippen molar-refractivity contribution in [1.82, 2.24) is 29.9 Å². The van der Waals surface area contributed by atoms with Crippen LogP contribution in [0.5, 0.6) is 0 Å². The number of pyridine rings is 6. The topological polar surface area (TPSA) is 77.3 Å². The normalized spacial score (nSPS) is 11.2. The van der Waals surface area contributed by atoms with E-state index < -0.39 is 24.2 Å². The molecule has 15 heteroatoms. The maximum absolute atomic E-state index is 4.52. The van der Waals surface area contributed by atoms with Gasteiger partial charge in [0.05, 0.1) is 24.2 Å². The Bertz CT molecular complexity index is 5960. The van der Waals surface area contributed by atoms with Crippen LogP contribution in [0.1, 0.15) is 76.0 Å². The largest absolute Gasteiger partial charge is 0.305 e. The number of hydrogen-bond acceptors (Lipinski definition) is 9. The van der Waals surface area contributed by atoms with Crippen molar-refractivity contribution >= 4 is 134 Å².